The number of rotatable bonds is 3. The zero-order valence-electron chi connectivity index (χ0n) is 16.1. The maximum Gasteiger partial charge on any atom is 0.410 e. The summed E-state index contributed by atoms with van der Waals surface area (Å²) < 4.78 is 5.52. The first-order valence-electron chi connectivity index (χ1n) is 8.97. The summed E-state index contributed by atoms with van der Waals surface area (Å²) in [5.74, 6) is 0.340. The molecule has 0 bridgehead atoms. The Hall–Kier alpha value is -1.56. The van der Waals surface area contributed by atoms with Gasteiger partial charge in [0.25, 0.3) is 0 Å². The molecule has 25 heavy (non-hydrogen) atoms. The summed E-state index contributed by atoms with van der Waals surface area (Å²) in [4.78, 5) is 28.2. The van der Waals surface area contributed by atoms with Gasteiger partial charge in [-0.2, -0.15) is 0 Å². The number of nitrogens with one attached hydrogen (secondary N) is 1. The van der Waals surface area contributed by atoms with Crippen LogP contribution in [0.4, 0.5) is 10.5 Å². The van der Waals surface area contributed by atoms with Gasteiger partial charge in [0.1, 0.15) is 11.6 Å². The molecule has 1 aliphatic rings. The van der Waals surface area contributed by atoms with E-state index in [-0.39, 0.29) is 5.91 Å². The minimum atomic E-state index is -0.569. The SMILES string of the molecule is CC[C@@H]1CCN(C(=O)OC(C)(C)C)[C@@H](C(=O)Nc2c(C)csc2C)C1. The van der Waals surface area contributed by atoms with Crippen LogP contribution in [-0.4, -0.2) is 35.1 Å². The summed E-state index contributed by atoms with van der Waals surface area (Å²) in [5.41, 5.74) is 1.36. The van der Waals surface area contributed by atoms with Gasteiger partial charge in [-0.1, -0.05) is 13.3 Å². The monoisotopic (exact) mass is 366 g/mol. The predicted octanol–water partition coefficient (Wildman–Crippen LogP) is 4.73. The van der Waals surface area contributed by atoms with Crippen LogP contribution >= 0.6 is 11.3 Å². The highest BCUT2D eigenvalue weighted by molar-refractivity contribution is 7.10. The fourth-order valence-electron chi connectivity index (χ4n) is 3.16. The first-order chi connectivity index (χ1) is 11.6. The zero-order valence-corrected chi connectivity index (χ0v) is 17.0. The smallest absolute Gasteiger partial charge is 0.410 e. The molecule has 1 aliphatic heterocycles. The van der Waals surface area contributed by atoms with E-state index in [0.717, 1.165) is 29.0 Å². The molecule has 2 rings (SSSR count). The number of carbonyl (C=O) groups excluding carboxylic acids is 2. The van der Waals surface area contributed by atoms with Crippen molar-refractivity contribution in [2.24, 2.45) is 5.92 Å². The number of amides is 2. The molecule has 0 spiro atoms. The summed E-state index contributed by atoms with van der Waals surface area (Å²) in [6.07, 6.45) is 2.21. The molecule has 0 radical (unpaired) electrons. The molecule has 2 amide bonds. The van der Waals surface area contributed by atoms with Gasteiger partial charge in [-0.3, -0.25) is 9.69 Å². The molecule has 1 aromatic heterocycles. The average molecular weight is 367 g/mol. The van der Waals surface area contributed by atoms with Crippen LogP contribution in [0.2, 0.25) is 0 Å². The standard InChI is InChI=1S/C19H30N2O3S/c1-7-14-8-9-21(18(23)24-19(4,5)6)15(10-14)17(22)20-16-12(2)11-25-13(16)3/h11,14-15H,7-10H2,1-6H3,(H,20,22)/t14-,15-/m1/s1. The number of thiophene rings is 1. The lowest BCUT2D eigenvalue weighted by molar-refractivity contribution is -0.123. The molecular formula is C19H30N2O3S. The maximum atomic E-state index is 13.0. The van der Waals surface area contributed by atoms with Crippen molar-refractivity contribution in [1.82, 2.24) is 4.90 Å². The Morgan fingerprint density at radius 1 is 1.36 bits per heavy atom. The lowest BCUT2D eigenvalue weighted by atomic mass is 9.88. The predicted molar refractivity (Wildman–Crippen MR) is 102 cm³/mol. The van der Waals surface area contributed by atoms with E-state index in [1.54, 1.807) is 16.2 Å². The Kier molecular flexibility index (Phi) is 6.14. The van der Waals surface area contributed by atoms with E-state index in [9.17, 15) is 9.59 Å². The van der Waals surface area contributed by atoms with Gasteiger partial charge < -0.3 is 10.1 Å². The van der Waals surface area contributed by atoms with E-state index in [0.29, 0.717) is 18.9 Å². The van der Waals surface area contributed by atoms with E-state index < -0.39 is 17.7 Å². The highest BCUT2D eigenvalue weighted by atomic mass is 32.1. The quantitative estimate of drug-likeness (QED) is 0.841. The number of ether oxygens (including phenoxy) is 1. The van der Waals surface area contributed by atoms with Crippen LogP contribution in [0.25, 0.3) is 0 Å². The van der Waals surface area contributed by atoms with E-state index in [2.05, 4.69) is 12.2 Å². The Labute approximate surface area is 154 Å². The molecule has 0 unspecified atom stereocenters. The van der Waals surface area contributed by atoms with Crippen molar-refractivity contribution >= 4 is 29.0 Å². The number of likely N-dealkylation sites (tertiary alicyclic amines) is 1. The second-order valence-electron chi connectivity index (χ2n) is 7.83. The molecule has 2 atom stereocenters. The topological polar surface area (TPSA) is 58.6 Å². The first kappa shape index (κ1) is 19.8. The molecule has 0 aliphatic carbocycles. The van der Waals surface area contributed by atoms with E-state index in [4.69, 9.17) is 4.74 Å². The van der Waals surface area contributed by atoms with Crippen LogP contribution in [0.3, 0.4) is 0 Å². The minimum absolute atomic E-state index is 0.117. The Morgan fingerprint density at radius 3 is 2.56 bits per heavy atom. The van der Waals surface area contributed by atoms with Gasteiger partial charge in [0, 0.05) is 11.4 Å². The van der Waals surface area contributed by atoms with Gasteiger partial charge >= 0.3 is 6.09 Å². The first-order valence-corrected chi connectivity index (χ1v) is 9.85. The molecule has 1 fully saturated rings. The van der Waals surface area contributed by atoms with Crippen molar-refractivity contribution in [3.63, 3.8) is 0 Å². The van der Waals surface area contributed by atoms with Crippen molar-refractivity contribution in [2.75, 3.05) is 11.9 Å². The second-order valence-corrected chi connectivity index (χ2v) is 8.91. The summed E-state index contributed by atoms with van der Waals surface area (Å²) in [5, 5.41) is 5.08. The zero-order chi connectivity index (χ0) is 18.8. The Morgan fingerprint density at radius 2 is 2.04 bits per heavy atom. The maximum absolute atomic E-state index is 13.0. The number of piperidine rings is 1. The van der Waals surface area contributed by atoms with Crippen molar-refractivity contribution in [3.8, 4) is 0 Å². The summed E-state index contributed by atoms with van der Waals surface area (Å²) in [7, 11) is 0. The third-order valence-corrected chi connectivity index (χ3v) is 5.66. The molecule has 6 heteroatoms. The molecular weight excluding hydrogens is 336 g/mol. The number of hydrogen-bond acceptors (Lipinski definition) is 4. The van der Waals surface area contributed by atoms with Crippen molar-refractivity contribution in [2.45, 2.75) is 72.4 Å². The van der Waals surface area contributed by atoms with Gasteiger partial charge in [-0.15, -0.1) is 11.3 Å². The van der Waals surface area contributed by atoms with Crippen molar-refractivity contribution in [3.05, 3.63) is 15.8 Å². The highest BCUT2D eigenvalue weighted by Crippen LogP contribution is 2.30. The lowest BCUT2D eigenvalue weighted by Gasteiger charge is -2.39. The molecule has 0 saturated carbocycles. The number of carbonyl (C=O) groups is 2. The molecule has 140 valence electrons. The summed E-state index contributed by atoms with van der Waals surface area (Å²) in [6, 6.07) is -0.479. The second kappa shape index (κ2) is 7.77. The van der Waals surface area contributed by atoms with Gasteiger partial charge in [0.2, 0.25) is 5.91 Å². The van der Waals surface area contributed by atoms with E-state index >= 15 is 0 Å². The van der Waals surface area contributed by atoms with Crippen molar-refractivity contribution < 1.29 is 14.3 Å². The number of hydrogen-bond donors (Lipinski definition) is 1. The minimum Gasteiger partial charge on any atom is -0.444 e. The van der Waals surface area contributed by atoms with Gasteiger partial charge in [-0.05, 0) is 64.3 Å². The summed E-state index contributed by atoms with van der Waals surface area (Å²) in [6.45, 7) is 12.2. The normalized spacial score (nSPS) is 21.1. The van der Waals surface area contributed by atoms with Gasteiger partial charge in [0.15, 0.2) is 0 Å². The average Bonchev–Trinajstić information content (AvgIpc) is 2.84. The Balaban J connectivity index is 2.18. The fraction of sp³-hybridized carbons (Fsp3) is 0.684. The molecule has 0 aromatic carbocycles. The summed E-state index contributed by atoms with van der Waals surface area (Å²) >= 11 is 1.62. The van der Waals surface area contributed by atoms with Crippen LogP contribution in [0.15, 0.2) is 5.38 Å². The van der Waals surface area contributed by atoms with Crippen LogP contribution in [-0.2, 0) is 9.53 Å². The number of nitrogens with zero attached hydrogens (tertiary/aromatic N) is 1. The van der Waals surface area contributed by atoms with Crippen LogP contribution in [0, 0.1) is 19.8 Å². The third kappa shape index (κ3) is 4.97. The molecule has 5 nitrogen and oxygen atoms in total. The highest BCUT2D eigenvalue weighted by Gasteiger charge is 2.38. The molecule has 1 aromatic rings. The van der Waals surface area contributed by atoms with Crippen molar-refractivity contribution in [1.29, 1.82) is 0 Å². The molecule has 2 heterocycles. The van der Waals surface area contributed by atoms with Crippen LogP contribution in [0.5, 0.6) is 0 Å². The van der Waals surface area contributed by atoms with Crippen LogP contribution in [0.1, 0.15) is 57.4 Å². The van der Waals surface area contributed by atoms with Gasteiger partial charge in [0.05, 0.1) is 5.69 Å². The molecule has 1 saturated heterocycles. The van der Waals surface area contributed by atoms with E-state index in [1.807, 2.05) is 40.0 Å². The lowest BCUT2D eigenvalue weighted by Crippen LogP contribution is -2.53. The third-order valence-electron chi connectivity index (χ3n) is 4.63. The number of aryl methyl sites for hydroxylation is 2. The van der Waals surface area contributed by atoms with Crippen LogP contribution < -0.4 is 5.32 Å². The Bertz CT molecular complexity index is 614. The van der Waals surface area contributed by atoms with E-state index in [1.165, 1.54) is 0 Å². The largest absolute Gasteiger partial charge is 0.444 e. The fourth-order valence-corrected chi connectivity index (χ4v) is 3.96. The van der Waals surface area contributed by atoms with Gasteiger partial charge in [-0.25, -0.2) is 4.79 Å². The molecule has 1 N–H and O–H groups in total. The number of anilines is 1.